The lowest BCUT2D eigenvalue weighted by molar-refractivity contribution is -0.137. The Morgan fingerprint density at radius 3 is 1.68 bits per heavy atom. The summed E-state index contributed by atoms with van der Waals surface area (Å²) >= 11 is 0. The highest BCUT2D eigenvalue weighted by Gasteiger charge is 2.08. The fourth-order valence-corrected chi connectivity index (χ4v) is 2.32. The van der Waals surface area contributed by atoms with Gasteiger partial charge in [-0.1, -0.05) is 44.9 Å². The molecule has 0 bridgehead atoms. The van der Waals surface area contributed by atoms with E-state index in [0.717, 1.165) is 31.4 Å². The number of rotatable bonds is 1. The molecule has 19 heavy (non-hydrogen) atoms. The van der Waals surface area contributed by atoms with Gasteiger partial charge in [0.15, 0.2) is 0 Å². The van der Waals surface area contributed by atoms with Crippen molar-refractivity contribution >= 4 is 17.5 Å². The molecule has 0 heterocycles. The van der Waals surface area contributed by atoms with Gasteiger partial charge in [0.1, 0.15) is 0 Å². The molecular formula is C14H25N3O2. The summed E-state index contributed by atoms with van der Waals surface area (Å²) in [6.07, 6.45) is 13.0. The first kappa shape index (κ1) is 15.7. The van der Waals surface area contributed by atoms with Crippen LogP contribution in [0.1, 0.15) is 70.6 Å². The Labute approximate surface area is 115 Å². The Balaban J connectivity index is 2.43. The maximum absolute atomic E-state index is 11.1. The van der Waals surface area contributed by atoms with Gasteiger partial charge in [-0.05, 0) is 25.7 Å². The van der Waals surface area contributed by atoms with Gasteiger partial charge in [-0.2, -0.15) is 5.10 Å². The van der Waals surface area contributed by atoms with E-state index in [9.17, 15) is 9.59 Å². The summed E-state index contributed by atoms with van der Waals surface area (Å²) in [7, 11) is 0. The zero-order valence-electron chi connectivity index (χ0n) is 11.6. The number of hydrogen-bond donors (Lipinski definition) is 2. The standard InChI is InChI=1S/C14H25N3O2/c15-13(18)14(19)17-16-12-10-8-6-4-2-1-3-5-7-9-11-12/h1-11H2,(H2,15,18)(H,17,19). The molecule has 0 aromatic rings. The maximum atomic E-state index is 11.1. The van der Waals surface area contributed by atoms with Gasteiger partial charge >= 0.3 is 11.8 Å². The second-order valence-electron chi connectivity index (χ2n) is 5.17. The number of primary amides is 1. The Morgan fingerprint density at radius 1 is 0.842 bits per heavy atom. The Bertz CT molecular complexity index is 313. The normalized spacial score (nSPS) is 18.8. The fourth-order valence-electron chi connectivity index (χ4n) is 2.32. The average Bonchev–Trinajstić information content (AvgIpc) is 2.37. The second-order valence-corrected chi connectivity index (χ2v) is 5.17. The fraction of sp³-hybridized carbons (Fsp3) is 0.786. The molecule has 1 saturated carbocycles. The van der Waals surface area contributed by atoms with Gasteiger partial charge in [-0.25, -0.2) is 5.43 Å². The van der Waals surface area contributed by atoms with Crippen LogP contribution in [0.3, 0.4) is 0 Å². The zero-order chi connectivity index (χ0) is 13.9. The quantitative estimate of drug-likeness (QED) is 0.564. The van der Waals surface area contributed by atoms with Crippen molar-refractivity contribution in [2.45, 2.75) is 70.6 Å². The van der Waals surface area contributed by atoms with Crippen molar-refractivity contribution < 1.29 is 9.59 Å². The maximum Gasteiger partial charge on any atom is 0.329 e. The summed E-state index contributed by atoms with van der Waals surface area (Å²) in [6, 6.07) is 0. The second kappa shape index (κ2) is 9.53. The van der Waals surface area contributed by atoms with E-state index < -0.39 is 11.8 Å². The highest BCUT2D eigenvalue weighted by molar-refractivity contribution is 6.34. The Morgan fingerprint density at radius 2 is 1.26 bits per heavy atom. The van der Waals surface area contributed by atoms with E-state index in [4.69, 9.17) is 5.73 Å². The molecule has 108 valence electrons. The summed E-state index contributed by atoms with van der Waals surface area (Å²) in [4.78, 5) is 21.7. The molecule has 0 atom stereocenters. The van der Waals surface area contributed by atoms with E-state index in [1.807, 2.05) is 0 Å². The van der Waals surface area contributed by atoms with Crippen LogP contribution in [0.4, 0.5) is 0 Å². The van der Waals surface area contributed by atoms with Crippen LogP contribution in [-0.4, -0.2) is 17.5 Å². The molecule has 0 unspecified atom stereocenters. The largest absolute Gasteiger partial charge is 0.361 e. The Kier molecular flexibility index (Phi) is 7.86. The first-order chi connectivity index (χ1) is 9.20. The van der Waals surface area contributed by atoms with Crippen molar-refractivity contribution in [3.8, 4) is 0 Å². The smallest absolute Gasteiger partial charge is 0.329 e. The van der Waals surface area contributed by atoms with Gasteiger partial charge in [0.05, 0.1) is 0 Å². The zero-order valence-corrected chi connectivity index (χ0v) is 11.6. The van der Waals surface area contributed by atoms with Crippen LogP contribution in [0.5, 0.6) is 0 Å². The predicted octanol–water partition coefficient (Wildman–Crippen LogP) is 2.25. The number of nitrogens with zero attached hydrogens (tertiary/aromatic N) is 1. The molecule has 0 aliphatic heterocycles. The molecule has 1 aliphatic carbocycles. The third-order valence-electron chi connectivity index (χ3n) is 3.47. The molecule has 1 aliphatic rings. The number of nitrogens with one attached hydrogen (secondary N) is 1. The van der Waals surface area contributed by atoms with E-state index in [2.05, 4.69) is 10.5 Å². The summed E-state index contributed by atoms with van der Waals surface area (Å²) in [5.74, 6) is -1.82. The third-order valence-corrected chi connectivity index (χ3v) is 3.47. The minimum Gasteiger partial charge on any atom is -0.361 e. The molecule has 1 fully saturated rings. The van der Waals surface area contributed by atoms with Gasteiger partial charge in [-0.15, -0.1) is 0 Å². The number of carbonyl (C=O) groups is 2. The average molecular weight is 267 g/mol. The lowest BCUT2D eigenvalue weighted by Crippen LogP contribution is -2.33. The minimum absolute atomic E-state index is 0.835. The van der Waals surface area contributed by atoms with Crippen molar-refractivity contribution in [1.82, 2.24) is 5.43 Å². The molecule has 5 nitrogen and oxygen atoms in total. The van der Waals surface area contributed by atoms with Crippen LogP contribution in [0.2, 0.25) is 0 Å². The van der Waals surface area contributed by atoms with Crippen molar-refractivity contribution in [1.29, 1.82) is 0 Å². The van der Waals surface area contributed by atoms with E-state index in [-0.39, 0.29) is 0 Å². The number of amides is 2. The summed E-state index contributed by atoms with van der Waals surface area (Å²) in [5, 5.41) is 4.05. The molecule has 1 rings (SSSR count). The molecular weight excluding hydrogens is 242 g/mol. The molecule has 5 heteroatoms. The lowest BCUT2D eigenvalue weighted by Gasteiger charge is -2.09. The molecule has 0 aromatic heterocycles. The van der Waals surface area contributed by atoms with Gasteiger partial charge in [-0.3, -0.25) is 9.59 Å². The topological polar surface area (TPSA) is 84.5 Å². The molecule has 2 amide bonds. The van der Waals surface area contributed by atoms with Gasteiger partial charge in [0.2, 0.25) is 0 Å². The van der Waals surface area contributed by atoms with Gasteiger partial charge in [0, 0.05) is 5.71 Å². The van der Waals surface area contributed by atoms with Crippen LogP contribution in [-0.2, 0) is 9.59 Å². The van der Waals surface area contributed by atoms with Crippen LogP contribution >= 0.6 is 0 Å². The summed E-state index contributed by atoms with van der Waals surface area (Å²) in [5.41, 5.74) is 8.09. The van der Waals surface area contributed by atoms with Crippen molar-refractivity contribution in [3.63, 3.8) is 0 Å². The molecule has 3 N–H and O–H groups in total. The highest BCUT2D eigenvalue weighted by atomic mass is 16.2. The molecule has 0 aromatic carbocycles. The molecule has 0 spiro atoms. The minimum atomic E-state index is -0.988. The number of carbonyl (C=O) groups excluding carboxylic acids is 2. The van der Waals surface area contributed by atoms with Crippen molar-refractivity contribution in [3.05, 3.63) is 0 Å². The van der Waals surface area contributed by atoms with Crippen molar-refractivity contribution in [2.24, 2.45) is 10.8 Å². The van der Waals surface area contributed by atoms with Crippen LogP contribution in [0, 0.1) is 0 Å². The van der Waals surface area contributed by atoms with Gasteiger partial charge in [0.25, 0.3) is 0 Å². The number of hydrazone groups is 1. The van der Waals surface area contributed by atoms with Crippen LogP contribution in [0.15, 0.2) is 5.10 Å². The SMILES string of the molecule is NC(=O)C(=O)NN=C1CCCCCCCCCCC1. The van der Waals surface area contributed by atoms with Crippen LogP contribution < -0.4 is 11.2 Å². The monoisotopic (exact) mass is 267 g/mol. The summed E-state index contributed by atoms with van der Waals surface area (Å²) in [6.45, 7) is 0. The van der Waals surface area contributed by atoms with E-state index in [0.29, 0.717) is 0 Å². The highest BCUT2D eigenvalue weighted by Crippen LogP contribution is 2.15. The molecule has 0 radical (unpaired) electrons. The summed E-state index contributed by atoms with van der Waals surface area (Å²) < 4.78 is 0. The lowest BCUT2D eigenvalue weighted by atomic mass is 10.00. The van der Waals surface area contributed by atoms with E-state index in [1.54, 1.807) is 0 Å². The van der Waals surface area contributed by atoms with Gasteiger partial charge < -0.3 is 5.73 Å². The predicted molar refractivity (Wildman–Crippen MR) is 75.6 cm³/mol. The van der Waals surface area contributed by atoms with E-state index >= 15 is 0 Å². The Hall–Kier alpha value is -1.39. The van der Waals surface area contributed by atoms with Crippen LogP contribution in [0.25, 0.3) is 0 Å². The van der Waals surface area contributed by atoms with Crippen molar-refractivity contribution in [2.75, 3.05) is 0 Å². The number of nitrogens with two attached hydrogens (primary N) is 1. The third kappa shape index (κ3) is 7.59. The van der Waals surface area contributed by atoms with E-state index in [1.165, 1.54) is 44.9 Å². The first-order valence-electron chi connectivity index (χ1n) is 7.35. The number of hydrogen-bond acceptors (Lipinski definition) is 3. The molecule has 0 saturated heterocycles. The first-order valence-corrected chi connectivity index (χ1v) is 7.35.